The van der Waals surface area contributed by atoms with Crippen LogP contribution < -0.4 is 5.73 Å². The fourth-order valence-electron chi connectivity index (χ4n) is 1.54. The van der Waals surface area contributed by atoms with Crippen LogP contribution in [0.2, 0.25) is 0 Å². The summed E-state index contributed by atoms with van der Waals surface area (Å²) in [5, 5.41) is 43.8. The second-order valence-electron chi connectivity index (χ2n) is 4.37. The van der Waals surface area contributed by atoms with Crippen molar-refractivity contribution in [1.82, 2.24) is 0 Å². The van der Waals surface area contributed by atoms with E-state index >= 15 is 0 Å². The topological polar surface area (TPSA) is 127 Å². The first-order valence-electron chi connectivity index (χ1n) is 6.72. The number of phenolic OH excluding ortho intramolecular Hbond substituents is 3. The first kappa shape index (κ1) is 18.5. The Morgan fingerprint density at radius 2 is 1.25 bits per heavy atom. The molecule has 7 N–H and O–H groups in total. The van der Waals surface area contributed by atoms with Crippen molar-refractivity contribution in [3.63, 3.8) is 0 Å². The summed E-state index contributed by atoms with van der Waals surface area (Å²) in [6.45, 7) is 0.953. The normalized spacial score (nSPS) is 9.95. The van der Waals surface area contributed by atoms with Gasteiger partial charge in [0, 0.05) is 19.3 Å². The largest absolute Gasteiger partial charge is 0.508 e. The Bertz CT molecular complexity index is 365. The molecule has 1 rings (SSSR count). The predicted molar refractivity (Wildman–Crippen MR) is 76.8 cm³/mol. The average Bonchev–Trinajstić information content (AvgIpc) is 2.42. The second kappa shape index (κ2) is 11.3. The second-order valence-corrected chi connectivity index (χ2v) is 4.37. The Balaban J connectivity index is 0.000000396. The number of aromatic hydroxyl groups is 3. The van der Waals surface area contributed by atoms with Gasteiger partial charge in [0.15, 0.2) is 11.5 Å². The summed E-state index contributed by atoms with van der Waals surface area (Å²) in [4.78, 5) is 0. The minimum atomic E-state index is -0.326. The molecule has 6 heteroatoms. The SMILES string of the molecule is NCCc1cc(O)c(O)cc1O.OCCCCCCO. The molecule has 0 aromatic heterocycles. The summed E-state index contributed by atoms with van der Waals surface area (Å²) in [7, 11) is 0. The smallest absolute Gasteiger partial charge is 0.161 e. The van der Waals surface area contributed by atoms with Gasteiger partial charge in [0.25, 0.3) is 0 Å². The van der Waals surface area contributed by atoms with E-state index in [9.17, 15) is 5.11 Å². The molecule has 0 aliphatic heterocycles. The van der Waals surface area contributed by atoms with Crippen LogP contribution in [0.3, 0.4) is 0 Å². The zero-order chi connectivity index (χ0) is 15.4. The van der Waals surface area contributed by atoms with E-state index in [2.05, 4.69) is 0 Å². The lowest BCUT2D eigenvalue weighted by molar-refractivity contribution is 0.265. The van der Waals surface area contributed by atoms with E-state index in [1.807, 2.05) is 0 Å². The van der Waals surface area contributed by atoms with E-state index in [4.69, 9.17) is 26.2 Å². The molecule has 0 fully saturated rings. The lowest BCUT2D eigenvalue weighted by atomic mass is 10.1. The molecule has 20 heavy (non-hydrogen) atoms. The van der Waals surface area contributed by atoms with Gasteiger partial charge in [0.1, 0.15) is 5.75 Å². The van der Waals surface area contributed by atoms with Gasteiger partial charge in [-0.05, 0) is 37.4 Å². The van der Waals surface area contributed by atoms with E-state index < -0.39 is 0 Å². The molecule has 0 spiro atoms. The molecule has 1 aromatic rings. The molecule has 0 aliphatic rings. The third kappa shape index (κ3) is 7.83. The van der Waals surface area contributed by atoms with Gasteiger partial charge in [-0.1, -0.05) is 12.8 Å². The molecular weight excluding hydrogens is 262 g/mol. The number of hydrogen-bond donors (Lipinski definition) is 6. The maximum Gasteiger partial charge on any atom is 0.161 e. The molecule has 6 nitrogen and oxygen atoms in total. The van der Waals surface area contributed by atoms with Crippen LogP contribution in [0, 0.1) is 0 Å². The maximum absolute atomic E-state index is 9.22. The number of rotatable bonds is 7. The molecule has 116 valence electrons. The highest BCUT2D eigenvalue weighted by molar-refractivity contribution is 5.48. The summed E-state index contributed by atoms with van der Waals surface area (Å²) in [5.41, 5.74) is 5.80. The lowest BCUT2D eigenvalue weighted by Gasteiger charge is -2.04. The summed E-state index contributed by atoms with van der Waals surface area (Å²) in [6, 6.07) is 2.40. The number of nitrogens with two attached hydrogens (primary N) is 1. The zero-order valence-corrected chi connectivity index (χ0v) is 11.6. The molecule has 0 radical (unpaired) electrons. The average molecular weight is 287 g/mol. The monoisotopic (exact) mass is 287 g/mol. The van der Waals surface area contributed by atoms with E-state index in [0.29, 0.717) is 18.5 Å². The Labute approximate surface area is 119 Å². The molecule has 1 aromatic carbocycles. The number of unbranched alkanes of at least 4 members (excludes halogenated alkanes) is 3. The minimum absolute atomic E-state index is 0.0456. The van der Waals surface area contributed by atoms with Crippen LogP contribution in [0.15, 0.2) is 12.1 Å². The molecule has 0 bridgehead atoms. The standard InChI is InChI=1S/C8H11NO3.C6H14O2/c9-2-1-5-3-7(11)8(12)4-6(5)10;7-5-3-1-2-4-6-8/h3-4,10-12H,1-2,9H2;7-8H,1-6H2. The number of benzene rings is 1. The van der Waals surface area contributed by atoms with Gasteiger partial charge in [-0.3, -0.25) is 0 Å². The molecule has 0 saturated carbocycles. The zero-order valence-electron chi connectivity index (χ0n) is 11.6. The van der Waals surface area contributed by atoms with Gasteiger partial charge in [-0.2, -0.15) is 0 Å². The molecule has 0 aliphatic carbocycles. The van der Waals surface area contributed by atoms with Crippen LogP contribution in [0.25, 0.3) is 0 Å². The lowest BCUT2D eigenvalue weighted by Crippen LogP contribution is -2.02. The first-order chi connectivity index (χ1) is 9.56. The van der Waals surface area contributed by atoms with Crippen molar-refractivity contribution in [3.05, 3.63) is 17.7 Å². The van der Waals surface area contributed by atoms with Crippen LogP contribution in [0.4, 0.5) is 0 Å². The van der Waals surface area contributed by atoms with Crippen LogP contribution in [-0.4, -0.2) is 45.3 Å². The van der Waals surface area contributed by atoms with Gasteiger partial charge >= 0.3 is 0 Å². The Kier molecular flexibility index (Phi) is 10.5. The molecule has 0 unspecified atom stereocenters. The van der Waals surface area contributed by atoms with Crippen molar-refractivity contribution in [1.29, 1.82) is 0 Å². The molecule has 0 amide bonds. The van der Waals surface area contributed by atoms with Gasteiger partial charge in [-0.15, -0.1) is 0 Å². The Morgan fingerprint density at radius 1 is 0.750 bits per heavy atom. The van der Waals surface area contributed by atoms with Crippen molar-refractivity contribution in [2.24, 2.45) is 5.73 Å². The summed E-state index contributed by atoms with van der Waals surface area (Å²) < 4.78 is 0. The highest BCUT2D eigenvalue weighted by atomic mass is 16.3. The number of hydrogen-bond acceptors (Lipinski definition) is 6. The number of phenols is 3. The van der Waals surface area contributed by atoms with E-state index in [1.165, 1.54) is 6.07 Å². The van der Waals surface area contributed by atoms with Gasteiger partial charge in [-0.25, -0.2) is 0 Å². The molecular formula is C14H25NO5. The van der Waals surface area contributed by atoms with Gasteiger partial charge < -0.3 is 31.3 Å². The minimum Gasteiger partial charge on any atom is -0.508 e. The van der Waals surface area contributed by atoms with E-state index in [-0.39, 0.29) is 30.5 Å². The fraction of sp³-hybridized carbons (Fsp3) is 0.571. The highest BCUT2D eigenvalue weighted by Crippen LogP contribution is 2.31. The van der Waals surface area contributed by atoms with Crippen LogP contribution >= 0.6 is 0 Å². The van der Waals surface area contributed by atoms with Crippen molar-refractivity contribution >= 4 is 0 Å². The summed E-state index contributed by atoms with van der Waals surface area (Å²) >= 11 is 0. The number of aliphatic hydroxyl groups excluding tert-OH is 2. The van der Waals surface area contributed by atoms with Crippen LogP contribution in [-0.2, 0) is 6.42 Å². The van der Waals surface area contributed by atoms with Crippen LogP contribution in [0.5, 0.6) is 17.2 Å². The Hall–Kier alpha value is -1.50. The first-order valence-corrected chi connectivity index (χ1v) is 6.72. The third-order valence-corrected chi connectivity index (χ3v) is 2.66. The van der Waals surface area contributed by atoms with Crippen molar-refractivity contribution in [3.8, 4) is 17.2 Å². The molecule has 0 atom stereocenters. The predicted octanol–water partition coefficient (Wildman–Crippen LogP) is 0.836. The quantitative estimate of drug-likeness (QED) is 0.250. The van der Waals surface area contributed by atoms with E-state index in [1.54, 1.807) is 0 Å². The summed E-state index contributed by atoms with van der Waals surface area (Å²) in [6.07, 6.45) is 4.30. The number of aliphatic hydroxyl groups is 2. The highest BCUT2D eigenvalue weighted by Gasteiger charge is 2.06. The van der Waals surface area contributed by atoms with Gasteiger partial charge in [0.05, 0.1) is 0 Å². The molecule has 0 heterocycles. The van der Waals surface area contributed by atoms with Gasteiger partial charge in [0.2, 0.25) is 0 Å². The van der Waals surface area contributed by atoms with Crippen molar-refractivity contribution < 1.29 is 25.5 Å². The Morgan fingerprint density at radius 3 is 1.70 bits per heavy atom. The fourth-order valence-corrected chi connectivity index (χ4v) is 1.54. The maximum atomic E-state index is 9.22. The third-order valence-electron chi connectivity index (χ3n) is 2.66. The van der Waals surface area contributed by atoms with E-state index in [0.717, 1.165) is 31.7 Å². The summed E-state index contributed by atoms with van der Waals surface area (Å²) in [5.74, 6) is -0.611. The van der Waals surface area contributed by atoms with Crippen LogP contribution in [0.1, 0.15) is 31.2 Å². The van der Waals surface area contributed by atoms with Crippen molar-refractivity contribution in [2.75, 3.05) is 19.8 Å². The van der Waals surface area contributed by atoms with Crippen molar-refractivity contribution in [2.45, 2.75) is 32.1 Å². The molecule has 0 saturated heterocycles.